The molecule has 3 N–H and O–H groups in total. The monoisotopic (exact) mass is 326 g/mol. The summed E-state index contributed by atoms with van der Waals surface area (Å²) in [6, 6.07) is 2.65. The number of hydrogen-bond acceptors (Lipinski definition) is 5. The van der Waals surface area contributed by atoms with Crippen LogP contribution in [0.2, 0.25) is 0 Å². The molecule has 2 aromatic heterocycles. The summed E-state index contributed by atoms with van der Waals surface area (Å²) in [7, 11) is -3.92. The largest absolute Gasteiger partial charge is 0.466 e. The van der Waals surface area contributed by atoms with Gasteiger partial charge in [-0.2, -0.15) is 0 Å². The molecular formula is C14H18N2O5S. The molecule has 0 aliphatic carbocycles. The van der Waals surface area contributed by atoms with Gasteiger partial charge in [0.1, 0.15) is 22.2 Å². The van der Waals surface area contributed by atoms with Crippen molar-refractivity contribution in [2.75, 3.05) is 0 Å². The molecule has 2 aromatic rings. The quantitative estimate of drug-likeness (QED) is 0.890. The first-order valence-electron chi connectivity index (χ1n) is 6.60. The summed E-state index contributed by atoms with van der Waals surface area (Å²) in [5, 5.41) is 7.78. The van der Waals surface area contributed by atoms with Gasteiger partial charge in [0.25, 0.3) is 5.91 Å². The van der Waals surface area contributed by atoms with E-state index in [1.54, 1.807) is 13.8 Å². The number of aryl methyl sites for hydroxylation is 3. The van der Waals surface area contributed by atoms with E-state index in [9.17, 15) is 13.2 Å². The van der Waals surface area contributed by atoms with Crippen molar-refractivity contribution in [3.63, 3.8) is 0 Å². The van der Waals surface area contributed by atoms with Crippen LogP contribution >= 0.6 is 0 Å². The van der Waals surface area contributed by atoms with Gasteiger partial charge in [-0.05, 0) is 33.8 Å². The fourth-order valence-electron chi connectivity index (χ4n) is 2.29. The van der Waals surface area contributed by atoms with Gasteiger partial charge in [0.2, 0.25) is 10.0 Å². The Morgan fingerprint density at radius 2 is 1.82 bits per heavy atom. The van der Waals surface area contributed by atoms with Crippen LogP contribution in [0, 0.1) is 20.8 Å². The Labute approximate surface area is 128 Å². The van der Waals surface area contributed by atoms with Crippen molar-refractivity contribution >= 4 is 15.9 Å². The highest BCUT2D eigenvalue weighted by Gasteiger charge is 2.23. The molecule has 0 aliphatic rings. The topological polar surface area (TPSA) is 116 Å². The molecule has 1 atom stereocenters. The molecule has 0 unspecified atom stereocenters. The SMILES string of the molecule is Cc1cc([C@@H](C)NC(=O)c2cc(S(N)(=O)=O)c(C)o2)c(C)o1. The molecule has 22 heavy (non-hydrogen) atoms. The van der Waals surface area contributed by atoms with Gasteiger partial charge in [0.05, 0.1) is 6.04 Å². The number of carbonyl (C=O) groups excluding carboxylic acids is 1. The minimum absolute atomic E-state index is 0.0793. The molecule has 120 valence electrons. The second kappa shape index (κ2) is 5.62. The van der Waals surface area contributed by atoms with Crippen LogP contribution in [0.1, 0.15) is 46.4 Å². The first-order valence-corrected chi connectivity index (χ1v) is 8.15. The fraction of sp³-hybridized carbons (Fsp3) is 0.357. The normalized spacial score (nSPS) is 13.1. The van der Waals surface area contributed by atoms with E-state index < -0.39 is 15.9 Å². The Morgan fingerprint density at radius 1 is 1.18 bits per heavy atom. The standard InChI is InChI=1S/C14H18N2O5S/c1-7-5-11(9(3)20-7)8(2)16-14(17)12-6-13(10(4)21-12)22(15,18)19/h5-6,8H,1-4H3,(H,16,17)(H2,15,18,19)/t8-/m1/s1. The lowest BCUT2D eigenvalue weighted by atomic mass is 10.1. The molecule has 0 saturated carbocycles. The Bertz CT molecular complexity index is 816. The van der Waals surface area contributed by atoms with Crippen molar-refractivity contribution in [1.29, 1.82) is 0 Å². The number of rotatable bonds is 4. The third-order valence-corrected chi connectivity index (χ3v) is 4.31. The number of sulfonamides is 1. The lowest BCUT2D eigenvalue weighted by Gasteiger charge is -2.11. The summed E-state index contributed by atoms with van der Waals surface area (Å²) < 4.78 is 33.3. The summed E-state index contributed by atoms with van der Waals surface area (Å²) in [6.07, 6.45) is 0. The van der Waals surface area contributed by atoms with Crippen LogP contribution in [0.5, 0.6) is 0 Å². The summed E-state index contributed by atoms with van der Waals surface area (Å²) >= 11 is 0. The van der Waals surface area contributed by atoms with Crippen molar-refractivity contribution in [1.82, 2.24) is 5.32 Å². The second-order valence-electron chi connectivity index (χ2n) is 5.14. The predicted octanol–water partition coefficient (Wildman–Crippen LogP) is 1.94. The van der Waals surface area contributed by atoms with Crippen LogP contribution in [0.25, 0.3) is 0 Å². The number of nitrogens with one attached hydrogen (secondary N) is 1. The molecule has 0 saturated heterocycles. The van der Waals surface area contributed by atoms with E-state index in [2.05, 4.69) is 5.32 Å². The van der Waals surface area contributed by atoms with Crippen LogP contribution in [-0.4, -0.2) is 14.3 Å². The lowest BCUT2D eigenvalue weighted by Crippen LogP contribution is -2.26. The first kappa shape index (κ1) is 16.3. The average Bonchev–Trinajstić information content (AvgIpc) is 2.91. The van der Waals surface area contributed by atoms with Gasteiger partial charge < -0.3 is 14.2 Å². The van der Waals surface area contributed by atoms with Gasteiger partial charge in [0.15, 0.2) is 5.76 Å². The van der Waals surface area contributed by atoms with Crippen LogP contribution in [-0.2, 0) is 10.0 Å². The van der Waals surface area contributed by atoms with E-state index in [0.29, 0.717) is 5.76 Å². The van der Waals surface area contributed by atoms with Crippen molar-refractivity contribution in [2.45, 2.75) is 38.6 Å². The maximum Gasteiger partial charge on any atom is 0.287 e. The smallest absolute Gasteiger partial charge is 0.287 e. The third-order valence-electron chi connectivity index (χ3n) is 3.30. The average molecular weight is 326 g/mol. The number of hydrogen-bond donors (Lipinski definition) is 2. The number of nitrogens with two attached hydrogens (primary N) is 1. The van der Waals surface area contributed by atoms with Crippen molar-refractivity contribution in [2.24, 2.45) is 5.14 Å². The highest BCUT2D eigenvalue weighted by molar-refractivity contribution is 7.89. The predicted molar refractivity (Wildman–Crippen MR) is 78.9 cm³/mol. The Kier molecular flexibility index (Phi) is 4.17. The summed E-state index contributed by atoms with van der Waals surface area (Å²) in [5.41, 5.74) is 0.848. The van der Waals surface area contributed by atoms with E-state index in [1.807, 2.05) is 13.0 Å². The molecule has 0 radical (unpaired) electrons. The Morgan fingerprint density at radius 3 is 2.27 bits per heavy atom. The molecule has 0 aliphatic heterocycles. The zero-order valence-electron chi connectivity index (χ0n) is 12.8. The Balaban J connectivity index is 2.21. The summed E-state index contributed by atoms with van der Waals surface area (Å²) in [6.45, 7) is 6.86. The first-order chi connectivity index (χ1) is 10.1. The zero-order valence-corrected chi connectivity index (χ0v) is 13.6. The van der Waals surface area contributed by atoms with E-state index in [-0.39, 0.29) is 22.5 Å². The van der Waals surface area contributed by atoms with Gasteiger partial charge >= 0.3 is 0 Å². The van der Waals surface area contributed by atoms with Crippen molar-refractivity contribution < 1.29 is 22.0 Å². The van der Waals surface area contributed by atoms with Crippen molar-refractivity contribution in [3.05, 3.63) is 40.7 Å². The highest BCUT2D eigenvalue weighted by atomic mass is 32.2. The minimum Gasteiger partial charge on any atom is -0.466 e. The Hall–Kier alpha value is -2.06. The van der Waals surface area contributed by atoms with Crippen LogP contribution in [0.3, 0.4) is 0 Å². The van der Waals surface area contributed by atoms with Gasteiger partial charge in [-0.15, -0.1) is 0 Å². The summed E-state index contributed by atoms with van der Waals surface area (Å²) in [5.74, 6) is 0.913. The number of carbonyl (C=O) groups is 1. The highest BCUT2D eigenvalue weighted by Crippen LogP contribution is 2.23. The second-order valence-corrected chi connectivity index (χ2v) is 6.67. The molecule has 0 aromatic carbocycles. The van der Waals surface area contributed by atoms with Gasteiger partial charge in [-0.1, -0.05) is 0 Å². The van der Waals surface area contributed by atoms with E-state index in [4.69, 9.17) is 14.0 Å². The van der Waals surface area contributed by atoms with E-state index in [0.717, 1.165) is 17.4 Å². The maximum absolute atomic E-state index is 12.2. The lowest BCUT2D eigenvalue weighted by molar-refractivity contribution is 0.0910. The maximum atomic E-state index is 12.2. The third kappa shape index (κ3) is 3.23. The van der Waals surface area contributed by atoms with E-state index in [1.165, 1.54) is 6.92 Å². The molecule has 8 heteroatoms. The number of primary sulfonamides is 1. The number of amides is 1. The van der Waals surface area contributed by atoms with Crippen LogP contribution < -0.4 is 10.5 Å². The molecular weight excluding hydrogens is 308 g/mol. The molecule has 0 fully saturated rings. The van der Waals surface area contributed by atoms with E-state index >= 15 is 0 Å². The fourth-order valence-corrected chi connectivity index (χ4v) is 3.00. The number of furan rings is 2. The van der Waals surface area contributed by atoms with Gasteiger partial charge in [-0.3, -0.25) is 4.79 Å². The van der Waals surface area contributed by atoms with Gasteiger partial charge in [-0.25, -0.2) is 13.6 Å². The van der Waals surface area contributed by atoms with Crippen LogP contribution in [0.4, 0.5) is 0 Å². The van der Waals surface area contributed by atoms with Gasteiger partial charge in [0, 0.05) is 11.6 Å². The molecule has 1 amide bonds. The minimum atomic E-state index is -3.92. The molecule has 2 rings (SSSR count). The summed E-state index contributed by atoms with van der Waals surface area (Å²) in [4.78, 5) is 12.0. The van der Waals surface area contributed by atoms with Crippen molar-refractivity contribution in [3.8, 4) is 0 Å². The van der Waals surface area contributed by atoms with Crippen LogP contribution in [0.15, 0.2) is 25.9 Å². The molecule has 7 nitrogen and oxygen atoms in total. The molecule has 0 bridgehead atoms. The molecule has 2 heterocycles. The molecule has 0 spiro atoms. The zero-order chi connectivity index (χ0) is 16.7.